The molecule has 0 aliphatic carbocycles. The summed E-state index contributed by atoms with van der Waals surface area (Å²) in [6.07, 6.45) is 3.35. The van der Waals surface area contributed by atoms with Crippen molar-refractivity contribution in [1.82, 2.24) is 0 Å². The smallest absolute Gasteiger partial charge is 0.0528 e. The maximum Gasteiger partial charge on any atom is 0.0528 e. The van der Waals surface area contributed by atoms with E-state index < -0.39 is 0 Å². The van der Waals surface area contributed by atoms with Gasteiger partial charge in [-0.15, -0.1) is 11.3 Å². The molecule has 13 heavy (non-hydrogen) atoms. The van der Waals surface area contributed by atoms with Crippen LogP contribution in [-0.4, -0.2) is 0 Å². The first-order chi connectivity index (χ1) is 6.15. The number of allylic oxidation sites excluding steroid dienone is 2. The Bertz CT molecular complexity index is 297. The summed E-state index contributed by atoms with van der Waals surface area (Å²) in [5.74, 6) is 0.594. The molecule has 0 fully saturated rings. The van der Waals surface area contributed by atoms with Gasteiger partial charge >= 0.3 is 0 Å². The fraction of sp³-hybridized carbons (Fsp3) is 0.455. The molecular weight excluding hydrogens is 178 g/mol. The van der Waals surface area contributed by atoms with Crippen LogP contribution in [0.1, 0.15) is 32.1 Å². The fourth-order valence-corrected chi connectivity index (χ4v) is 2.26. The van der Waals surface area contributed by atoms with Crippen LogP contribution in [0, 0.1) is 5.92 Å². The lowest BCUT2D eigenvalue weighted by atomic mass is 10.1. The summed E-state index contributed by atoms with van der Waals surface area (Å²) >= 11 is 1.73. The summed E-state index contributed by atoms with van der Waals surface area (Å²) in [5.41, 5.74) is 8.16. The number of nitrogens with two attached hydrogens (primary N) is 1. The predicted octanol–water partition coefficient (Wildman–Crippen LogP) is 3.78. The predicted molar refractivity (Wildman–Crippen MR) is 61.8 cm³/mol. The standard InChI is InChI=1S/C11H17NS/c1-4-9(7-8(2)3)11-10(12)5-6-13-11/h5-8H,4,12H2,1-3H3/b9-7-. The second-order valence-electron chi connectivity index (χ2n) is 3.49. The molecule has 0 unspecified atom stereocenters. The molecule has 1 aromatic rings. The van der Waals surface area contributed by atoms with Crippen LogP contribution in [0.4, 0.5) is 5.69 Å². The molecule has 0 amide bonds. The Balaban J connectivity index is 2.97. The Morgan fingerprint density at radius 3 is 2.69 bits per heavy atom. The van der Waals surface area contributed by atoms with Crippen LogP contribution in [0.2, 0.25) is 0 Å². The SMILES string of the molecule is CC/C(=C/C(C)C)c1sccc1N. The lowest BCUT2D eigenvalue weighted by Crippen LogP contribution is -1.89. The Kier molecular flexibility index (Phi) is 3.55. The number of hydrogen-bond donors (Lipinski definition) is 1. The van der Waals surface area contributed by atoms with Crippen molar-refractivity contribution in [3.05, 3.63) is 22.4 Å². The van der Waals surface area contributed by atoms with Gasteiger partial charge in [0.2, 0.25) is 0 Å². The van der Waals surface area contributed by atoms with Gasteiger partial charge in [-0.25, -0.2) is 0 Å². The van der Waals surface area contributed by atoms with E-state index in [-0.39, 0.29) is 0 Å². The van der Waals surface area contributed by atoms with Crippen LogP contribution < -0.4 is 5.73 Å². The molecule has 0 aromatic carbocycles. The van der Waals surface area contributed by atoms with E-state index in [2.05, 4.69) is 32.2 Å². The number of rotatable bonds is 3. The number of anilines is 1. The van der Waals surface area contributed by atoms with E-state index in [0.29, 0.717) is 5.92 Å². The fourth-order valence-electron chi connectivity index (χ4n) is 1.34. The molecule has 72 valence electrons. The van der Waals surface area contributed by atoms with Crippen molar-refractivity contribution in [2.24, 2.45) is 5.92 Å². The minimum atomic E-state index is 0.594. The summed E-state index contributed by atoms with van der Waals surface area (Å²) in [5, 5.41) is 2.05. The zero-order valence-corrected chi connectivity index (χ0v) is 9.32. The highest BCUT2D eigenvalue weighted by atomic mass is 32.1. The summed E-state index contributed by atoms with van der Waals surface area (Å²) in [6.45, 7) is 6.56. The van der Waals surface area contributed by atoms with E-state index in [0.717, 1.165) is 12.1 Å². The molecule has 1 aromatic heterocycles. The first kappa shape index (κ1) is 10.3. The summed E-state index contributed by atoms with van der Waals surface area (Å²) in [7, 11) is 0. The topological polar surface area (TPSA) is 26.0 Å². The van der Waals surface area contributed by atoms with Crippen LogP contribution in [0.25, 0.3) is 5.57 Å². The van der Waals surface area contributed by atoms with Gasteiger partial charge in [0.1, 0.15) is 0 Å². The van der Waals surface area contributed by atoms with Crippen molar-refractivity contribution in [1.29, 1.82) is 0 Å². The normalized spacial score (nSPS) is 12.5. The second-order valence-corrected chi connectivity index (χ2v) is 4.41. The molecule has 0 bridgehead atoms. The van der Waals surface area contributed by atoms with Gasteiger partial charge in [0, 0.05) is 5.69 Å². The third kappa shape index (κ3) is 2.59. The van der Waals surface area contributed by atoms with Gasteiger partial charge in [0.05, 0.1) is 4.88 Å². The Hall–Kier alpha value is -0.760. The van der Waals surface area contributed by atoms with Crippen LogP contribution in [-0.2, 0) is 0 Å². The molecule has 2 N–H and O–H groups in total. The van der Waals surface area contributed by atoms with Crippen molar-refractivity contribution < 1.29 is 0 Å². The number of hydrogen-bond acceptors (Lipinski definition) is 2. The molecule has 1 rings (SSSR count). The molecule has 0 aliphatic heterocycles. The highest BCUT2D eigenvalue weighted by molar-refractivity contribution is 7.11. The molecule has 0 saturated heterocycles. The molecule has 0 radical (unpaired) electrons. The summed E-state index contributed by atoms with van der Waals surface area (Å²) in [4.78, 5) is 1.25. The molecule has 2 heteroatoms. The molecule has 0 aliphatic rings. The Morgan fingerprint density at radius 2 is 2.31 bits per heavy atom. The third-order valence-electron chi connectivity index (χ3n) is 1.90. The van der Waals surface area contributed by atoms with Gasteiger partial charge in [-0.3, -0.25) is 0 Å². The van der Waals surface area contributed by atoms with Crippen molar-refractivity contribution >= 4 is 22.6 Å². The van der Waals surface area contributed by atoms with E-state index in [1.165, 1.54) is 10.5 Å². The van der Waals surface area contributed by atoms with Gasteiger partial charge in [0.25, 0.3) is 0 Å². The minimum Gasteiger partial charge on any atom is -0.398 e. The monoisotopic (exact) mass is 195 g/mol. The second kappa shape index (κ2) is 4.47. The maximum absolute atomic E-state index is 5.86. The van der Waals surface area contributed by atoms with E-state index in [1.54, 1.807) is 11.3 Å². The number of thiophene rings is 1. The van der Waals surface area contributed by atoms with E-state index in [1.807, 2.05) is 6.07 Å². The lowest BCUT2D eigenvalue weighted by Gasteiger charge is -2.05. The van der Waals surface area contributed by atoms with Crippen molar-refractivity contribution in [3.8, 4) is 0 Å². The average Bonchev–Trinajstić information content (AvgIpc) is 2.47. The third-order valence-corrected chi connectivity index (χ3v) is 2.91. The molecule has 0 spiro atoms. The quantitative estimate of drug-likeness (QED) is 0.780. The van der Waals surface area contributed by atoms with Gasteiger partial charge in [-0.05, 0) is 29.4 Å². The van der Waals surface area contributed by atoms with Gasteiger partial charge in [-0.1, -0.05) is 26.8 Å². The summed E-state index contributed by atoms with van der Waals surface area (Å²) < 4.78 is 0. The van der Waals surface area contributed by atoms with Crippen molar-refractivity contribution in [2.75, 3.05) is 5.73 Å². The van der Waals surface area contributed by atoms with Crippen molar-refractivity contribution in [2.45, 2.75) is 27.2 Å². The molecular formula is C11H17NS. The van der Waals surface area contributed by atoms with E-state index in [9.17, 15) is 0 Å². The molecule has 1 nitrogen and oxygen atoms in total. The zero-order chi connectivity index (χ0) is 9.84. The van der Waals surface area contributed by atoms with E-state index >= 15 is 0 Å². The summed E-state index contributed by atoms with van der Waals surface area (Å²) in [6, 6.07) is 1.98. The van der Waals surface area contributed by atoms with Crippen LogP contribution >= 0.6 is 11.3 Å². The van der Waals surface area contributed by atoms with Crippen LogP contribution in [0.5, 0.6) is 0 Å². The zero-order valence-electron chi connectivity index (χ0n) is 8.50. The first-order valence-corrected chi connectivity index (χ1v) is 5.57. The minimum absolute atomic E-state index is 0.594. The van der Waals surface area contributed by atoms with Gasteiger partial charge < -0.3 is 5.73 Å². The van der Waals surface area contributed by atoms with Crippen molar-refractivity contribution in [3.63, 3.8) is 0 Å². The molecule has 1 heterocycles. The van der Waals surface area contributed by atoms with E-state index in [4.69, 9.17) is 5.73 Å². The Morgan fingerprint density at radius 1 is 1.62 bits per heavy atom. The first-order valence-electron chi connectivity index (χ1n) is 4.69. The number of nitrogen functional groups attached to an aromatic ring is 1. The van der Waals surface area contributed by atoms with Gasteiger partial charge in [0.15, 0.2) is 0 Å². The van der Waals surface area contributed by atoms with Crippen LogP contribution in [0.3, 0.4) is 0 Å². The maximum atomic E-state index is 5.86. The molecule has 0 atom stereocenters. The van der Waals surface area contributed by atoms with Crippen LogP contribution in [0.15, 0.2) is 17.5 Å². The highest BCUT2D eigenvalue weighted by Gasteiger charge is 2.05. The Labute approximate surface area is 84.3 Å². The lowest BCUT2D eigenvalue weighted by molar-refractivity contribution is 0.830. The van der Waals surface area contributed by atoms with Gasteiger partial charge in [-0.2, -0.15) is 0 Å². The largest absolute Gasteiger partial charge is 0.398 e. The average molecular weight is 195 g/mol. The highest BCUT2D eigenvalue weighted by Crippen LogP contribution is 2.30. The molecule has 0 saturated carbocycles.